The van der Waals surface area contributed by atoms with Gasteiger partial charge in [-0.3, -0.25) is 0 Å². The number of benzene rings is 1. The van der Waals surface area contributed by atoms with Gasteiger partial charge in [0, 0.05) is 23.0 Å². The van der Waals surface area contributed by atoms with Crippen molar-refractivity contribution in [3.05, 3.63) is 28.2 Å². The summed E-state index contributed by atoms with van der Waals surface area (Å²) in [5, 5.41) is 6.35. The van der Waals surface area contributed by atoms with Crippen molar-refractivity contribution in [2.75, 3.05) is 18.5 Å². The number of fused-ring (bicyclic) bond motifs is 1. The summed E-state index contributed by atoms with van der Waals surface area (Å²) < 4.78 is 5.97. The molecular weight excluding hydrogens is 308 g/mol. The highest BCUT2D eigenvalue weighted by Crippen LogP contribution is 2.41. The summed E-state index contributed by atoms with van der Waals surface area (Å²) in [5.41, 5.74) is 2.39. The summed E-state index contributed by atoms with van der Waals surface area (Å²) in [6.45, 7) is 4.94. The number of hydrogen-bond acceptors (Lipinski definition) is 3. The zero-order valence-corrected chi connectivity index (χ0v) is 12.8. The molecule has 0 bridgehead atoms. The number of nitrogens with one attached hydrogen (secondary N) is 2. The van der Waals surface area contributed by atoms with E-state index in [1.165, 1.54) is 5.56 Å². The van der Waals surface area contributed by atoms with E-state index in [4.69, 9.17) is 4.74 Å². The second kappa shape index (κ2) is 6.28. The van der Waals surface area contributed by atoms with Gasteiger partial charge in [-0.25, -0.2) is 4.79 Å². The third-order valence-corrected chi connectivity index (χ3v) is 4.10. The minimum absolute atomic E-state index is 0.280. The van der Waals surface area contributed by atoms with Crippen molar-refractivity contribution in [3.63, 3.8) is 0 Å². The van der Waals surface area contributed by atoms with E-state index < -0.39 is 0 Å². The largest absolute Gasteiger partial charge is 0.450 e. The van der Waals surface area contributed by atoms with Crippen molar-refractivity contribution in [3.8, 4) is 0 Å². The zero-order chi connectivity index (χ0) is 13.8. The van der Waals surface area contributed by atoms with Gasteiger partial charge in [0.15, 0.2) is 0 Å². The van der Waals surface area contributed by atoms with Crippen LogP contribution >= 0.6 is 15.9 Å². The van der Waals surface area contributed by atoms with Crippen LogP contribution in [0.1, 0.15) is 31.7 Å². The van der Waals surface area contributed by atoms with Gasteiger partial charge in [0.1, 0.15) is 0 Å². The topological polar surface area (TPSA) is 50.4 Å². The molecule has 0 aliphatic carbocycles. The summed E-state index contributed by atoms with van der Waals surface area (Å²) >= 11 is 3.56. The predicted molar refractivity (Wildman–Crippen MR) is 79.6 cm³/mol. The standard InChI is InChI=1S/C14H19BrN2O2/c1-3-12-10(8-16-14(18)19-4-2)9-6-5-7-11(15)13(9)17-12/h5-7,10,12,17H,3-4,8H2,1-2H3,(H,16,18)/t10-,12-/m0/s1. The Kier molecular flexibility index (Phi) is 4.69. The highest BCUT2D eigenvalue weighted by Gasteiger charge is 2.32. The Morgan fingerprint density at radius 3 is 2.95 bits per heavy atom. The van der Waals surface area contributed by atoms with Gasteiger partial charge < -0.3 is 15.4 Å². The smallest absolute Gasteiger partial charge is 0.407 e. The molecule has 5 heteroatoms. The molecule has 0 unspecified atom stereocenters. The maximum absolute atomic E-state index is 11.4. The van der Waals surface area contributed by atoms with Crippen molar-refractivity contribution < 1.29 is 9.53 Å². The molecule has 1 aliphatic rings. The molecule has 0 fully saturated rings. The van der Waals surface area contributed by atoms with Crippen molar-refractivity contribution in [1.82, 2.24) is 5.32 Å². The highest BCUT2D eigenvalue weighted by molar-refractivity contribution is 9.10. The molecule has 1 aromatic rings. The van der Waals surface area contributed by atoms with E-state index in [0.717, 1.165) is 16.6 Å². The SMILES string of the molecule is CCOC(=O)NC[C@H]1c2cccc(Br)c2N[C@H]1CC. The Balaban J connectivity index is 2.11. The Bertz CT molecular complexity index is 465. The molecule has 104 valence electrons. The van der Waals surface area contributed by atoms with Crippen LogP contribution in [0.3, 0.4) is 0 Å². The normalized spacial score (nSPS) is 20.6. The molecule has 2 atom stereocenters. The first kappa shape index (κ1) is 14.2. The molecule has 1 amide bonds. The number of para-hydroxylation sites is 1. The lowest BCUT2D eigenvalue weighted by molar-refractivity contribution is 0.151. The van der Waals surface area contributed by atoms with Crippen LogP contribution in [0.5, 0.6) is 0 Å². The molecule has 0 saturated heterocycles. The van der Waals surface area contributed by atoms with E-state index >= 15 is 0 Å². The van der Waals surface area contributed by atoms with Crippen LogP contribution in [0.2, 0.25) is 0 Å². The minimum atomic E-state index is -0.346. The second-order valence-corrected chi connectivity index (χ2v) is 5.43. The summed E-state index contributed by atoms with van der Waals surface area (Å²) in [6.07, 6.45) is 0.664. The fourth-order valence-electron chi connectivity index (χ4n) is 2.52. The molecule has 2 N–H and O–H groups in total. The number of carbonyl (C=O) groups excluding carboxylic acids is 1. The zero-order valence-electron chi connectivity index (χ0n) is 11.2. The molecule has 2 rings (SSSR count). The van der Waals surface area contributed by atoms with Crippen LogP contribution in [0.15, 0.2) is 22.7 Å². The fraction of sp³-hybridized carbons (Fsp3) is 0.500. The predicted octanol–water partition coefficient (Wildman–Crippen LogP) is 3.48. The maximum Gasteiger partial charge on any atom is 0.407 e. The van der Waals surface area contributed by atoms with Gasteiger partial charge in [0.25, 0.3) is 0 Å². The number of hydrogen-bond donors (Lipinski definition) is 2. The number of ether oxygens (including phenoxy) is 1. The van der Waals surface area contributed by atoms with E-state index in [0.29, 0.717) is 19.2 Å². The van der Waals surface area contributed by atoms with Crippen LogP contribution < -0.4 is 10.6 Å². The molecule has 0 spiro atoms. The molecule has 1 heterocycles. The van der Waals surface area contributed by atoms with Gasteiger partial charge in [-0.05, 0) is 40.9 Å². The average molecular weight is 327 g/mol. The van der Waals surface area contributed by atoms with Gasteiger partial charge >= 0.3 is 6.09 Å². The van der Waals surface area contributed by atoms with E-state index in [2.05, 4.69) is 39.6 Å². The summed E-state index contributed by atoms with van der Waals surface area (Å²) in [5.74, 6) is 0.280. The molecule has 4 nitrogen and oxygen atoms in total. The van der Waals surface area contributed by atoms with Gasteiger partial charge in [-0.1, -0.05) is 19.1 Å². The van der Waals surface area contributed by atoms with Crippen molar-refractivity contribution in [1.29, 1.82) is 0 Å². The summed E-state index contributed by atoms with van der Waals surface area (Å²) in [6, 6.07) is 6.51. The average Bonchev–Trinajstić information content (AvgIpc) is 2.76. The van der Waals surface area contributed by atoms with Crippen molar-refractivity contribution in [2.24, 2.45) is 0 Å². The quantitative estimate of drug-likeness (QED) is 0.890. The van der Waals surface area contributed by atoms with Crippen molar-refractivity contribution >= 4 is 27.7 Å². The first-order chi connectivity index (χ1) is 9.17. The molecule has 0 radical (unpaired) electrons. The second-order valence-electron chi connectivity index (χ2n) is 4.57. The van der Waals surface area contributed by atoms with E-state index in [9.17, 15) is 4.79 Å². The summed E-state index contributed by atoms with van der Waals surface area (Å²) in [4.78, 5) is 11.4. The number of carbonyl (C=O) groups is 1. The highest BCUT2D eigenvalue weighted by atomic mass is 79.9. The lowest BCUT2D eigenvalue weighted by atomic mass is 9.93. The lowest BCUT2D eigenvalue weighted by Gasteiger charge is -2.19. The molecule has 0 saturated carbocycles. The van der Waals surface area contributed by atoms with E-state index in [1.807, 2.05) is 12.1 Å². The first-order valence-corrected chi connectivity index (χ1v) is 7.42. The molecule has 1 aliphatic heterocycles. The Morgan fingerprint density at radius 1 is 1.47 bits per heavy atom. The number of anilines is 1. The third-order valence-electron chi connectivity index (χ3n) is 3.44. The third kappa shape index (κ3) is 3.03. The van der Waals surface area contributed by atoms with E-state index in [-0.39, 0.29) is 12.0 Å². The fourth-order valence-corrected chi connectivity index (χ4v) is 3.02. The van der Waals surface area contributed by atoms with Crippen LogP contribution in [-0.4, -0.2) is 25.3 Å². The van der Waals surface area contributed by atoms with Crippen LogP contribution in [0.25, 0.3) is 0 Å². The lowest BCUT2D eigenvalue weighted by Crippen LogP contribution is -2.33. The summed E-state index contributed by atoms with van der Waals surface area (Å²) in [7, 11) is 0. The molecule has 19 heavy (non-hydrogen) atoms. The van der Waals surface area contributed by atoms with Crippen molar-refractivity contribution in [2.45, 2.75) is 32.2 Å². The van der Waals surface area contributed by atoms with Gasteiger partial charge in [0.2, 0.25) is 0 Å². The Labute approximate surface area is 122 Å². The van der Waals surface area contributed by atoms with Gasteiger partial charge in [-0.2, -0.15) is 0 Å². The van der Waals surface area contributed by atoms with Crippen LogP contribution in [0, 0.1) is 0 Å². The Hall–Kier alpha value is -1.23. The van der Waals surface area contributed by atoms with E-state index in [1.54, 1.807) is 6.92 Å². The first-order valence-electron chi connectivity index (χ1n) is 6.62. The number of rotatable bonds is 4. The minimum Gasteiger partial charge on any atom is -0.450 e. The monoisotopic (exact) mass is 326 g/mol. The van der Waals surface area contributed by atoms with Gasteiger partial charge in [0.05, 0.1) is 12.3 Å². The maximum atomic E-state index is 11.4. The van der Waals surface area contributed by atoms with Crippen LogP contribution in [0.4, 0.5) is 10.5 Å². The number of amides is 1. The Morgan fingerprint density at radius 2 is 2.26 bits per heavy atom. The molecule has 1 aromatic carbocycles. The molecule has 0 aromatic heterocycles. The number of alkyl carbamates (subject to hydrolysis) is 1. The van der Waals surface area contributed by atoms with Crippen LogP contribution in [-0.2, 0) is 4.74 Å². The van der Waals surface area contributed by atoms with Gasteiger partial charge in [-0.15, -0.1) is 0 Å². The molecular formula is C14H19BrN2O2. The number of halogens is 1.